The van der Waals surface area contributed by atoms with Crippen LogP contribution in [0.5, 0.6) is 0 Å². The number of rotatable bonds is 6. The number of β-amino-alcohol motifs (C(OH)–C–C–N with tert-alkyl or cyclic N) is 1. The van der Waals surface area contributed by atoms with Crippen LogP contribution in [-0.2, 0) is 4.79 Å². The molecule has 1 atom stereocenters. The van der Waals surface area contributed by atoms with Crippen molar-refractivity contribution < 1.29 is 15.0 Å². The lowest BCUT2D eigenvalue weighted by Gasteiger charge is -2.24. The summed E-state index contributed by atoms with van der Waals surface area (Å²) >= 11 is 0. The number of hydrogen-bond donors (Lipinski definition) is 3. The van der Waals surface area contributed by atoms with E-state index in [9.17, 15) is 4.79 Å². The molecule has 0 heterocycles. The number of carbonyl (C=O) groups excluding carboxylic acids is 1. The zero-order chi connectivity index (χ0) is 9.61. The molecule has 0 radical (unpaired) electrons. The minimum atomic E-state index is -0.754. The third-order valence-electron chi connectivity index (χ3n) is 1.62. The summed E-state index contributed by atoms with van der Waals surface area (Å²) < 4.78 is 0. The average Bonchev–Trinajstić information content (AvgIpc) is 2.00. The molecule has 0 bridgehead atoms. The van der Waals surface area contributed by atoms with Gasteiger partial charge in [-0.25, -0.2) is 0 Å². The first-order chi connectivity index (χ1) is 5.52. The molecule has 1 unspecified atom stereocenters. The van der Waals surface area contributed by atoms with Crippen LogP contribution in [0, 0.1) is 0 Å². The maximum Gasteiger partial charge on any atom is 0.121 e. The number of hydrogen-bond acceptors (Lipinski definition) is 4. The second kappa shape index (κ2) is 5.24. The van der Waals surface area contributed by atoms with Crippen molar-refractivity contribution in [2.24, 2.45) is 0 Å². The number of carbonyl (C=O) groups is 1. The van der Waals surface area contributed by atoms with Crippen LogP contribution in [-0.4, -0.2) is 41.3 Å². The van der Waals surface area contributed by atoms with Gasteiger partial charge in [0.15, 0.2) is 0 Å². The third kappa shape index (κ3) is 5.23. The fourth-order valence-corrected chi connectivity index (χ4v) is 0.739. The minimum absolute atomic E-state index is 0.260. The monoisotopic (exact) mass is 175 g/mol. The Labute approximate surface area is 72.6 Å². The van der Waals surface area contributed by atoms with Gasteiger partial charge in [0, 0.05) is 18.5 Å². The van der Waals surface area contributed by atoms with Crippen LogP contribution in [0.4, 0.5) is 0 Å². The molecule has 12 heavy (non-hydrogen) atoms. The van der Waals surface area contributed by atoms with Crippen molar-refractivity contribution in [3.8, 4) is 0 Å². The molecule has 4 nitrogen and oxygen atoms in total. The lowest BCUT2D eigenvalue weighted by atomic mass is 10.0. The quantitative estimate of drug-likeness (QED) is 0.467. The molecule has 4 heteroatoms. The van der Waals surface area contributed by atoms with Gasteiger partial charge in [-0.05, 0) is 13.8 Å². The molecule has 0 fully saturated rings. The molecule has 0 rings (SSSR count). The van der Waals surface area contributed by atoms with Crippen molar-refractivity contribution in [1.29, 1.82) is 0 Å². The molecule has 0 amide bonds. The Bertz CT molecular complexity index is 136. The van der Waals surface area contributed by atoms with Crippen LogP contribution in [0.25, 0.3) is 0 Å². The lowest BCUT2D eigenvalue weighted by Crippen LogP contribution is -2.44. The highest BCUT2D eigenvalue weighted by atomic mass is 16.3. The summed E-state index contributed by atoms with van der Waals surface area (Å²) in [5.74, 6) is 0. The summed E-state index contributed by atoms with van der Waals surface area (Å²) in [4.78, 5) is 10.2. The summed E-state index contributed by atoms with van der Waals surface area (Å²) in [5.41, 5.74) is -0.308. The standard InChI is InChI=1S/C8H17NO3/c1-8(2,3-4-10)9-5-7(12)6-11/h4,7,9,11-12H,3,5-6H2,1-2H3. The Morgan fingerprint density at radius 3 is 2.58 bits per heavy atom. The van der Waals surface area contributed by atoms with Gasteiger partial charge in [-0.3, -0.25) is 0 Å². The van der Waals surface area contributed by atoms with Gasteiger partial charge < -0.3 is 20.3 Å². The molecule has 0 aliphatic heterocycles. The molecule has 0 aromatic heterocycles. The minimum Gasteiger partial charge on any atom is -0.394 e. The molecule has 0 spiro atoms. The van der Waals surface area contributed by atoms with E-state index in [0.29, 0.717) is 13.0 Å². The Balaban J connectivity index is 3.66. The zero-order valence-electron chi connectivity index (χ0n) is 7.58. The maximum absolute atomic E-state index is 10.2. The van der Waals surface area contributed by atoms with E-state index in [4.69, 9.17) is 10.2 Å². The molecular weight excluding hydrogens is 158 g/mol. The van der Waals surface area contributed by atoms with E-state index in [2.05, 4.69) is 5.32 Å². The van der Waals surface area contributed by atoms with Crippen LogP contribution in [0.3, 0.4) is 0 Å². The predicted octanol–water partition coefficient (Wildman–Crippen LogP) is -0.703. The smallest absolute Gasteiger partial charge is 0.121 e. The molecule has 0 aliphatic carbocycles. The van der Waals surface area contributed by atoms with Crippen LogP contribution in [0.1, 0.15) is 20.3 Å². The maximum atomic E-state index is 10.2. The molecular formula is C8H17NO3. The van der Waals surface area contributed by atoms with E-state index >= 15 is 0 Å². The van der Waals surface area contributed by atoms with Crippen LogP contribution in [0.15, 0.2) is 0 Å². The van der Waals surface area contributed by atoms with Crippen molar-refractivity contribution in [2.75, 3.05) is 13.2 Å². The summed E-state index contributed by atoms with van der Waals surface area (Å²) in [7, 11) is 0. The number of nitrogens with one attached hydrogen (secondary N) is 1. The summed E-state index contributed by atoms with van der Waals surface area (Å²) in [6.45, 7) is 3.78. The fourth-order valence-electron chi connectivity index (χ4n) is 0.739. The second-order valence-electron chi connectivity index (χ2n) is 3.47. The predicted molar refractivity (Wildman–Crippen MR) is 45.9 cm³/mol. The highest BCUT2D eigenvalue weighted by molar-refractivity contribution is 5.51. The molecule has 0 aliphatic rings. The van der Waals surface area contributed by atoms with E-state index in [1.807, 2.05) is 13.8 Å². The Kier molecular flexibility index (Phi) is 5.04. The first-order valence-corrected chi connectivity index (χ1v) is 3.99. The third-order valence-corrected chi connectivity index (χ3v) is 1.62. The van der Waals surface area contributed by atoms with Gasteiger partial charge >= 0.3 is 0 Å². The topological polar surface area (TPSA) is 69.6 Å². The molecule has 0 aromatic rings. The van der Waals surface area contributed by atoms with E-state index in [0.717, 1.165) is 6.29 Å². The molecule has 72 valence electrons. The Morgan fingerprint density at radius 2 is 2.17 bits per heavy atom. The molecule has 0 aromatic carbocycles. The van der Waals surface area contributed by atoms with Gasteiger partial charge in [-0.1, -0.05) is 0 Å². The molecule has 3 N–H and O–H groups in total. The van der Waals surface area contributed by atoms with Gasteiger partial charge in [0.1, 0.15) is 6.29 Å². The van der Waals surface area contributed by atoms with E-state index in [1.54, 1.807) is 0 Å². The first-order valence-electron chi connectivity index (χ1n) is 3.99. The van der Waals surface area contributed by atoms with Gasteiger partial charge in [-0.2, -0.15) is 0 Å². The summed E-state index contributed by atoms with van der Waals surface area (Å²) in [5, 5.41) is 20.5. The molecule has 0 saturated carbocycles. The number of aliphatic hydroxyl groups is 2. The molecule has 0 saturated heterocycles. The van der Waals surface area contributed by atoms with E-state index in [-0.39, 0.29) is 12.1 Å². The van der Waals surface area contributed by atoms with Crippen molar-refractivity contribution in [1.82, 2.24) is 5.32 Å². The lowest BCUT2D eigenvalue weighted by molar-refractivity contribution is -0.108. The number of aldehydes is 1. The van der Waals surface area contributed by atoms with Gasteiger partial charge in [0.2, 0.25) is 0 Å². The zero-order valence-corrected chi connectivity index (χ0v) is 7.58. The van der Waals surface area contributed by atoms with Crippen molar-refractivity contribution in [3.05, 3.63) is 0 Å². The Hall–Kier alpha value is -0.450. The van der Waals surface area contributed by atoms with Gasteiger partial charge in [-0.15, -0.1) is 0 Å². The Morgan fingerprint density at radius 1 is 1.58 bits per heavy atom. The van der Waals surface area contributed by atoms with E-state index < -0.39 is 6.10 Å². The fraction of sp³-hybridized carbons (Fsp3) is 0.875. The second-order valence-corrected chi connectivity index (χ2v) is 3.47. The summed E-state index contributed by atoms with van der Waals surface area (Å²) in [6, 6.07) is 0. The highest BCUT2D eigenvalue weighted by Gasteiger charge is 2.17. The normalized spacial score (nSPS) is 14.3. The van der Waals surface area contributed by atoms with Gasteiger partial charge in [0.25, 0.3) is 0 Å². The van der Waals surface area contributed by atoms with Gasteiger partial charge in [0.05, 0.1) is 12.7 Å². The van der Waals surface area contributed by atoms with Crippen LogP contribution >= 0.6 is 0 Å². The average molecular weight is 175 g/mol. The SMILES string of the molecule is CC(C)(CC=O)NCC(O)CO. The number of aliphatic hydroxyl groups excluding tert-OH is 2. The van der Waals surface area contributed by atoms with Crippen molar-refractivity contribution in [2.45, 2.75) is 31.9 Å². The largest absolute Gasteiger partial charge is 0.394 e. The van der Waals surface area contributed by atoms with Crippen molar-refractivity contribution >= 4 is 6.29 Å². The van der Waals surface area contributed by atoms with Crippen LogP contribution in [0.2, 0.25) is 0 Å². The summed E-state index contributed by atoms with van der Waals surface area (Å²) in [6.07, 6.45) is 0.472. The van der Waals surface area contributed by atoms with Crippen LogP contribution < -0.4 is 5.32 Å². The first kappa shape index (κ1) is 11.6. The highest BCUT2D eigenvalue weighted by Crippen LogP contribution is 2.05. The van der Waals surface area contributed by atoms with E-state index in [1.165, 1.54) is 0 Å². The van der Waals surface area contributed by atoms with Crippen molar-refractivity contribution in [3.63, 3.8) is 0 Å².